The zero-order valence-electron chi connectivity index (χ0n) is 18.7. The molecule has 0 radical (unpaired) electrons. The molecule has 4 atom stereocenters. The maximum atomic E-state index is 12.8. The number of aromatic nitrogens is 1. The lowest BCUT2D eigenvalue weighted by molar-refractivity contribution is -0.117. The molecule has 31 heavy (non-hydrogen) atoms. The van der Waals surface area contributed by atoms with E-state index in [0.29, 0.717) is 12.0 Å². The number of piperazine rings is 1. The summed E-state index contributed by atoms with van der Waals surface area (Å²) in [5.74, 6) is 1.98. The summed E-state index contributed by atoms with van der Waals surface area (Å²) in [5.41, 5.74) is 3.06. The third kappa shape index (κ3) is 3.89. The minimum atomic E-state index is 0.0684. The summed E-state index contributed by atoms with van der Waals surface area (Å²) in [4.78, 5) is 22.4. The Morgan fingerprint density at radius 3 is 2.58 bits per heavy atom. The molecule has 2 N–H and O–H groups in total. The van der Waals surface area contributed by atoms with Crippen molar-refractivity contribution in [3.8, 4) is 0 Å². The van der Waals surface area contributed by atoms with Crippen molar-refractivity contribution in [1.82, 2.24) is 10.3 Å². The second-order valence-electron chi connectivity index (χ2n) is 9.44. The fourth-order valence-electron chi connectivity index (χ4n) is 5.42. The summed E-state index contributed by atoms with van der Waals surface area (Å²) in [7, 11) is 0. The van der Waals surface area contributed by atoms with Gasteiger partial charge in [-0.05, 0) is 49.9 Å². The normalized spacial score (nSPS) is 28.2. The van der Waals surface area contributed by atoms with E-state index in [0.717, 1.165) is 42.5 Å². The third-order valence-electron chi connectivity index (χ3n) is 7.04. The molecule has 1 aliphatic carbocycles. The van der Waals surface area contributed by atoms with Crippen molar-refractivity contribution in [1.29, 1.82) is 0 Å². The van der Waals surface area contributed by atoms with Crippen LogP contribution in [0, 0.1) is 11.8 Å². The Bertz CT molecular complexity index is 944. The number of nitrogens with zero attached hydrogens (tertiary/aromatic N) is 3. The summed E-state index contributed by atoms with van der Waals surface area (Å²) >= 11 is 0. The first-order valence-corrected chi connectivity index (χ1v) is 11.6. The number of pyridine rings is 1. The minimum Gasteiger partial charge on any atom is -0.376 e. The molecule has 6 heteroatoms. The fourth-order valence-corrected chi connectivity index (χ4v) is 5.42. The van der Waals surface area contributed by atoms with Gasteiger partial charge >= 0.3 is 0 Å². The topological polar surface area (TPSA) is 60.5 Å². The van der Waals surface area contributed by atoms with E-state index in [-0.39, 0.29) is 23.9 Å². The summed E-state index contributed by atoms with van der Waals surface area (Å²) in [6.45, 7) is 9.05. The van der Waals surface area contributed by atoms with E-state index in [4.69, 9.17) is 4.98 Å². The lowest BCUT2D eigenvalue weighted by Gasteiger charge is -2.45. The Balaban J connectivity index is 1.57. The van der Waals surface area contributed by atoms with Gasteiger partial charge in [-0.15, -0.1) is 0 Å². The molecule has 3 aliphatic rings. The molecule has 2 fully saturated rings. The Kier molecular flexibility index (Phi) is 5.34. The van der Waals surface area contributed by atoms with Crippen LogP contribution in [-0.2, 0) is 4.79 Å². The van der Waals surface area contributed by atoms with Gasteiger partial charge in [0.05, 0.1) is 17.4 Å². The average Bonchev–Trinajstić information content (AvgIpc) is 3.60. The first kappa shape index (κ1) is 20.3. The second kappa shape index (κ2) is 8.15. The minimum absolute atomic E-state index is 0.0684. The number of amides is 1. The number of carbonyl (C=O) groups is 1. The largest absolute Gasteiger partial charge is 0.376 e. The van der Waals surface area contributed by atoms with Crippen molar-refractivity contribution in [3.05, 3.63) is 48.2 Å². The van der Waals surface area contributed by atoms with Crippen LogP contribution in [0.15, 0.2) is 42.5 Å². The van der Waals surface area contributed by atoms with Crippen molar-refractivity contribution in [2.24, 2.45) is 11.8 Å². The fraction of sp³-hybridized carbons (Fsp3) is 0.520. The van der Waals surface area contributed by atoms with Gasteiger partial charge in [-0.25, -0.2) is 4.98 Å². The van der Waals surface area contributed by atoms with Crippen molar-refractivity contribution in [2.45, 2.75) is 51.7 Å². The van der Waals surface area contributed by atoms with Crippen molar-refractivity contribution in [2.75, 3.05) is 34.8 Å². The molecule has 5 rings (SSSR count). The molecule has 164 valence electrons. The highest BCUT2D eigenvalue weighted by molar-refractivity contribution is 5.94. The van der Waals surface area contributed by atoms with Crippen LogP contribution in [0.1, 0.15) is 45.3 Å². The molecule has 1 aromatic heterocycles. The number of benzene rings is 1. The molecule has 1 saturated heterocycles. The zero-order chi connectivity index (χ0) is 21.5. The van der Waals surface area contributed by atoms with Gasteiger partial charge in [-0.2, -0.15) is 0 Å². The number of para-hydroxylation sites is 1. The van der Waals surface area contributed by atoms with E-state index in [1.807, 2.05) is 11.0 Å². The Morgan fingerprint density at radius 2 is 1.90 bits per heavy atom. The third-order valence-corrected chi connectivity index (χ3v) is 7.04. The Labute approximate surface area is 185 Å². The van der Waals surface area contributed by atoms with Crippen LogP contribution in [-0.4, -0.2) is 42.6 Å². The van der Waals surface area contributed by atoms with Gasteiger partial charge < -0.3 is 20.4 Å². The van der Waals surface area contributed by atoms with Gasteiger partial charge in [0.1, 0.15) is 5.82 Å². The Hall–Kier alpha value is -2.60. The highest BCUT2D eigenvalue weighted by Gasteiger charge is 2.48. The first-order valence-electron chi connectivity index (χ1n) is 11.6. The van der Waals surface area contributed by atoms with Crippen LogP contribution in [0.5, 0.6) is 0 Å². The summed E-state index contributed by atoms with van der Waals surface area (Å²) in [6, 6.07) is 15.3. The van der Waals surface area contributed by atoms with Gasteiger partial charge in [0, 0.05) is 50.2 Å². The molecule has 3 unspecified atom stereocenters. The van der Waals surface area contributed by atoms with Gasteiger partial charge in [0.2, 0.25) is 5.91 Å². The number of hydrogen-bond acceptors (Lipinski definition) is 5. The maximum absolute atomic E-state index is 12.8. The Morgan fingerprint density at radius 1 is 1.13 bits per heavy atom. The van der Waals surface area contributed by atoms with Crippen LogP contribution in [0.4, 0.5) is 17.2 Å². The molecule has 0 spiro atoms. The van der Waals surface area contributed by atoms with E-state index in [1.165, 1.54) is 12.8 Å². The van der Waals surface area contributed by atoms with Crippen LogP contribution < -0.4 is 20.4 Å². The zero-order valence-corrected chi connectivity index (χ0v) is 18.7. The van der Waals surface area contributed by atoms with Crippen molar-refractivity contribution in [3.63, 3.8) is 0 Å². The monoisotopic (exact) mass is 419 g/mol. The maximum Gasteiger partial charge on any atom is 0.224 e. The number of rotatable bonds is 4. The first-order chi connectivity index (χ1) is 15.0. The smallest absolute Gasteiger partial charge is 0.224 e. The molecule has 6 nitrogen and oxygen atoms in total. The molecular weight excluding hydrogens is 386 g/mol. The SMILES string of the molecule is CC(=O)N1c2ccc(N3CCNC(C)C3)nc2C(Nc2ccccc2)[C@@H](C)C1C1CC1. The van der Waals surface area contributed by atoms with Crippen LogP contribution in [0.2, 0.25) is 0 Å². The number of carbonyl (C=O) groups excluding carboxylic acids is 1. The van der Waals surface area contributed by atoms with Crippen LogP contribution in [0.3, 0.4) is 0 Å². The summed E-state index contributed by atoms with van der Waals surface area (Å²) in [5, 5.41) is 7.27. The molecule has 2 aliphatic heterocycles. The van der Waals surface area contributed by atoms with E-state index in [2.05, 4.69) is 65.8 Å². The van der Waals surface area contributed by atoms with E-state index >= 15 is 0 Å². The lowest BCUT2D eigenvalue weighted by atomic mass is 9.82. The second-order valence-corrected chi connectivity index (χ2v) is 9.44. The standard InChI is InChI=1S/C25H33N5O/c1-16-15-29(14-13-26-16)22-12-11-21-24(28-22)23(27-20-7-5-4-6-8-20)17(2)25(19-9-10-19)30(21)18(3)31/h4-8,11-12,16-17,19,23,25-27H,9-10,13-15H2,1-3H3/t16?,17-,23?,25?/m1/s1. The van der Waals surface area contributed by atoms with Gasteiger partial charge in [-0.3, -0.25) is 4.79 Å². The lowest BCUT2D eigenvalue weighted by Crippen LogP contribution is -2.52. The van der Waals surface area contributed by atoms with E-state index in [1.54, 1.807) is 6.92 Å². The molecule has 1 aromatic carbocycles. The molecule has 0 bridgehead atoms. The molecule has 1 saturated carbocycles. The van der Waals surface area contributed by atoms with E-state index in [9.17, 15) is 4.79 Å². The predicted molar refractivity (Wildman–Crippen MR) is 126 cm³/mol. The molecule has 1 amide bonds. The van der Waals surface area contributed by atoms with Gasteiger partial charge in [-0.1, -0.05) is 25.1 Å². The van der Waals surface area contributed by atoms with Gasteiger partial charge in [0.15, 0.2) is 0 Å². The van der Waals surface area contributed by atoms with Crippen LogP contribution >= 0.6 is 0 Å². The number of anilines is 3. The molecule has 2 aromatic rings. The van der Waals surface area contributed by atoms with Crippen LogP contribution in [0.25, 0.3) is 0 Å². The van der Waals surface area contributed by atoms with Crippen molar-refractivity contribution >= 4 is 23.1 Å². The molecular formula is C25H33N5O. The number of hydrogen-bond donors (Lipinski definition) is 2. The predicted octanol–water partition coefficient (Wildman–Crippen LogP) is 3.81. The van der Waals surface area contributed by atoms with Crippen molar-refractivity contribution < 1.29 is 4.79 Å². The number of fused-ring (bicyclic) bond motifs is 1. The highest BCUT2D eigenvalue weighted by Crippen LogP contribution is 2.49. The summed E-state index contributed by atoms with van der Waals surface area (Å²) in [6.07, 6.45) is 2.41. The quantitative estimate of drug-likeness (QED) is 0.789. The molecule has 3 heterocycles. The number of nitrogens with one attached hydrogen (secondary N) is 2. The van der Waals surface area contributed by atoms with Gasteiger partial charge in [0.25, 0.3) is 0 Å². The average molecular weight is 420 g/mol. The van der Waals surface area contributed by atoms with E-state index < -0.39 is 0 Å². The highest BCUT2D eigenvalue weighted by atomic mass is 16.2. The summed E-state index contributed by atoms with van der Waals surface area (Å²) < 4.78 is 0.